The van der Waals surface area contributed by atoms with Gasteiger partial charge in [0.15, 0.2) is 0 Å². The molecule has 2 amide bonds. The normalized spacial score (nSPS) is 9.64. The number of rotatable bonds is 6. The van der Waals surface area contributed by atoms with E-state index in [-0.39, 0.29) is 18.4 Å². The zero-order chi connectivity index (χ0) is 18.2. The van der Waals surface area contributed by atoms with Crippen LogP contribution in [0.1, 0.15) is 12.5 Å². The Morgan fingerprint density at radius 3 is 2.36 bits per heavy atom. The van der Waals surface area contributed by atoms with E-state index in [2.05, 4.69) is 16.0 Å². The standard InChI is InChI=1S/C18H18N4O3/c1-12(23)21-15-7-8-17(25-2)16(9-15)22-18(24)11-20-14-5-3-13(10-19)4-6-14/h3-9,20H,11H2,1-2H3,(H,21,23)(H,22,24). The summed E-state index contributed by atoms with van der Waals surface area (Å²) in [5, 5.41) is 17.1. The smallest absolute Gasteiger partial charge is 0.243 e. The van der Waals surface area contributed by atoms with Gasteiger partial charge in [-0.15, -0.1) is 0 Å². The second-order valence-electron chi connectivity index (χ2n) is 5.19. The molecule has 0 heterocycles. The van der Waals surface area contributed by atoms with E-state index in [9.17, 15) is 9.59 Å². The molecule has 0 fully saturated rings. The summed E-state index contributed by atoms with van der Waals surface area (Å²) in [5.74, 6) is 0.00776. The van der Waals surface area contributed by atoms with E-state index in [1.54, 1.807) is 42.5 Å². The second kappa shape index (κ2) is 8.36. The van der Waals surface area contributed by atoms with Crippen LogP contribution in [-0.4, -0.2) is 25.5 Å². The highest BCUT2D eigenvalue weighted by Gasteiger charge is 2.09. The largest absolute Gasteiger partial charge is 0.495 e. The van der Waals surface area contributed by atoms with Crippen LogP contribution in [0.25, 0.3) is 0 Å². The molecule has 3 N–H and O–H groups in total. The van der Waals surface area contributed by atoms with Gasteiger partial charge in [-0.05, 0) is 42.5 Å². The molecule has 0 bridgehead atoms. The number of ether oxygens (including phenoxy) is 1. The monoisotopic (exact) mass is 338 g/mol. The van der Waals surface area contributed by atoms with Crippen molar-refractivity contribution in [2.24, 2.45) is 0 Å². The molecular formula is C18H18N4O3. The maximum absolute atomic E-state index is 12.1. The summed E-state index contributed by atoms with van der Waals surface area (Å²) in [7, 11) is 1.50. The molecule has 0 aliphatic carbocycles. The number of anilines is 3. The predicted molar refractivity (Wildman–Crippen MR) is 95.6 cm³/mol. The number of nitrogens with zero attached hydrogens (tertiary/aromatic N) is 1. The van der Waals surface area contributed by atoms with Gasteiger partial charge in [0, 0.05) is 18.3 Å². The molecule has 2 rings (SSSR count). The van der Waals surface area contributed by atoms with Crippen molar-refractivity contribution in [3.63, 3.8) is 0 Å². The maximum Gasteiger partial charge on any atom is 0.243 e. The molecule has 0 spiro atoms. The molecule has 128 valence electrons. The van der Waals surface area contributed by atoms with Gasteiger partial charge in [0.2, 0.25) is 11.8 Å². The predicted octanol–water partition coefficient (Wildman–Crippen LogP) is 2.58. The first kappa shape index (κ1) is 17.8. The number of hydrogen-bond acceptors (Lipinski definition) is 5. The van der Waals surface area contributed by atoms with Crippen LogP contribution in [0.4, 0.5) is 17.1 Å². The molecule has 2 aromatic carbocycles. The van der Waals surface area contributed by atoms with E-state index >= 15 is 0 Å². The Morgan fingerprint density at radius 2 is 1.76 bits per heavy atom. The summed E-state index contributed by atoms with van der Waals surface area (Å²) in [6.45, 7) is 1.45. The van der Waals surface area contributed by atoms with Gasteiger partial charge in [0.05, 0.1) is 31.0 Å². The molecule has 0 atom stereocenters. The number of carbonyl (C=O) groups excluding carboxylic acids is 2. The van der Waals surface area contributed by atoms with Crippen molar-refractivity contribution in [3.8, 4) is 11.8 Å². The molecule has 0 aliphatic rings. The first-order valence-electron chi connectivity index (χ1n) is 7.51. The molecule has 2 aromatic rings. The topological polar surface area (TPSA) is 103 Å². The molecule has 0 radical (unpaired) electrons. The van der Waals surface area contributed by atoms with E-state index in [0.29, 0.717) is 22.7 Å². The fraction of sp³-hybridized carbons (Fsp3) is 0.167. The molecule has 0 aliphatic heterocycles. The fourth-order valence-corrected chi connectivity index (χ4v) is 2.13. The number of nitrogens with one attached hydrogen (secondary N) is 3. The lowest BCUT2D eigenvalue weighted by Crippen LogP contribution is -2.22. The van der Waals surface area contributed by atoms with Crippen LogP contribution in [0.15, 0.2) is 42.5 Å². The number of nitriles is 1. The quantitative estimate of drug-likeness (QED) is 0.751. The van der Waals surface area contributed by atoms with Crippen molar-refractivity contribution in [3.05, 3.63) is 48.0 Å². The van der Waals surface area contributed by atoms with E-state index in [1.807, 2.05) is 6.07 Å². The second-order valence-corrected chi connectivity index (χ2v) is 5.19. The van der Waals surface area contributed by atoms with Gasteiger partial charge in [-0.2, -0.15) is 5.26 Å². The summed E-state index contributed by atoms with van der Waals surface area (Å²) in [6.07, 6.45) is 0. The maximum atomic E-state index is 12.1. The third kappa shape index (κ3) is 5.25. The van der Waals surface area contributed by atoms with E-state index in [1.165, 1.54) is 14.0 Å². The van der Waals surface area contributed by atoms with Crippen LogP contribution < -0.4 is 20.7 Å². The Balaban J connectivity index is 2.00. The van der Waals surface area contributed by atoms with E-state index in [0.717, 1.165) is 5.69 Å². The van der Waals surface area contributed by atoms with Gasteiger partial charge < -0.3 is 20.7 Å². The highest BCUT2D eigenvalue weighted by atomic mass is 16.5. The third-order valence-corrected chi connectivity index (χ3v) is 3.26. The van der Waals surface area contributed by atoms with Crippen molar-refractivity contribution < 1.29 is 14.3 Å². The molecule has 7 nitrogen and oxygen atoms in total. The van der Waals surface area contributed by atoms with E-state index < -0.39 is 0 Å². The highest BCUT2D eigenvalue weighted by molar-refractivity contribution is 5.96. The number of hydrogen-bond donors (Lipinski definition) is 3. The highest BCUT2D eigenvalue weighted by Crippen LogP contribution is 2.27. The van der Waals surface area contributed by atoms with Gasteiger partial charge in [-0.3, -0.25) is 9.59 Å². The van der Waals surface area contributed by atoms with Gasteiger partial charge in [-0.1, -0.05) is 0 Å². The lowest BCUT2D eigenvalue weighted by atomic mass is 10.2. The molecule has 0 unspecified atom stereocenters. The summed E-state index contributed by atoms with van der Waals surface area (Å²) in [4.78, 5) is 23.3. The lowest BCUT2D eigenvalue weighted by molar-refractivity contribution is -0.115. The van der Waals surface area contributed by atoms with Crippen molar-refractivity contribution in [2.45, 2.75) is 6.92 Å². The SMILES string of the molecule is COc1ccc(NC(C)=O)cc1NC(=O)CNc1ccc(C#N)cc1. The number of benzene rings is 2. The molecule has 0 saturated heterocycles. The molecule has 0 aromatic heterocycles. The minimum absolute atomic E-state index is 0.0411. The average molecular weight is 338 g/mol. The van der Waals surface area contributed by atoms with Crippen LogP contribution in [0, 0.1) is 11.3 Å². The molecule has 0 saturated carbocycles. The van der Waals surface area contributed by atoms with Gasteiger partial charge in [0.1, 0.15) is 5.75 Å². The first-order valence-corrected chi connectivity index (χ1v) is 7.51. The summed E-state index contributed by atoms with van der Waals surface area (Å²) in [6, 6.07) is 13.8. The Bertz CT molecular complexity index is 810. The van der Waals surface area contributed by atoms with Gasteiger partial charge in [-0.25, -0.2) is 0 Å². The summed E-state index contributed by atoms with van der Waals surface area (Å²) in [5.41, 5.74) is 2.30. The first-order chi connectivity index (χ1) is 12.0. The number of carbonyl (C=O) groups is 2. The van der Waals surface area contributed by atoms with E-state index in [4.69, 9.17) is 10.00 Å². The lowest BCUT2D eigenvalue weighted by Gasteiger charge is -2.13. The molecule has 7 heteroatoms. The Morgan fingerprint density at radius 1 is 1.08 bits per heavy atom. The summed E-state index contributed by atoms with van der Waals surface area (Å²) >= 11 is 0. The number of methoxy groups -OCH3 is 1. The zero-order valence-corrected chi connectivity index (χ0v) is 13.9. The summed E-state index contributed by atoms with van der Waals surface area (Å²) < 4.78 is 5.22. The van der Waals surface area contributed by atoms with Crippen LogP contribution in [0.2, 0.25) is 0 Å². The van der Waals surface area contributed by atoms with Crippen molar-refractivity contribution >= 4 is 28.9 Å². The van der Waals surface area contributed by atoms with Crippen LogP contribution in [0.3, 0.4) is 0 Å². The van der Waals surface area contributed by atoms with Gasteiger partial charge in [0.25, 0.3) is 0 Å². The Labute approximate surface area is 145 Å². The van der Waals surface area contributed by atoms with Crippen LogP contribution in [0.5, 0.6) is 5.75 Å². The average Bonchev–Trinajstić information content (AvgIpc) is 2.60. The van der Waals surface area contributed by atoms with Crippen LogP contribution >= 0.6 is 0 Å². The number of amides is 2. The minimum Gasteiger partial charge on any atom is -0.495 e. The van der Waals surface area contributed by atoms with Crippen molar-refractivity contribution in [2.75, 3.05) is 29.6 Å². The third-order valence-electron chi connectivity index (χ3n) is 3.26. The zero-order valence-electron chi connectivity index (χ0n) is 13.9. The van der Waals surface area contributed by atoms with Crippen LogP contribution in [-0.2, 0) is 9.59 Å². The molecule has 25 heavy (non-hydrogen) atoms. The van der Waals surface area contributed by atoms with Crippen molar-refractivity contribution in [1.29, 1.82) is 5.26 Å². The minimum atomic E-state index is -0.275. The Hall–Kier alpha value is -3.53. The fourth-order valence-electron chi connectivity index (χ4n) is 2.13. The Kier molecular flexibility index (Phi) is 5.96. The molecular weight excluding hydrogens is 320 g/mol. The van der Waals surface area contributed by atoms with Crippen molar-refractivity contribution in [1.82, 2.24) is 0 Å². The van der Waals surface area contributed by atoms with Gasteiger partial charge >= 0.3 is 0 Å².